The third-order valence-corrected chi connectivity index (χ3v) is 3.50. The average Bonchev–Trinajstić information content (AvgIpc) is 2.37. The number of nitrogens with one attached hydrogen (secondary N) is 1. The second kappa shape index (κ2) is 9.15. The zero-order valence-corrected chi connectivity index (χ0v) is 11.3. The van der Waals surface area contributed by atoms with Crippen LogP contribution >= 0.6 is 11.8 Å². The lowest BCUT2D eigenvalue weighted by Gasteiger charge is -2.13. The third kappa shape index (κ3) is 7.10. The fourth-order valence-corrected chi connectivity index (χ4v) is 2.16. The number of terminal acetylenes is 1. The molecule has 1 N–H and O–H groups in total. The number of hydrogen-bond donors (Lipinski definition) is 1. The molecule has 0 aromatic heterocycles. The van der Waals surface area contributed by atoms with E-state index in [9.17, 15) is 0 Å². The van der Waals surface area contributed by atoms with Crippen LogP contribution in [0.25, 0.3) is 0 Å². The molecule has 0 aliphatic rings. The lowest BCUT2D eigenvalue weighted by Crippen LogP contribution is -2.28. The lowest BCUT2D eigenvalue weighted by molar-refractivity contribution is 0.533. The van der Waals surface area contributed by atoms with Crippen LogP contribution in [-0.2, 0) is 6.42 Å². The monoisotopic (exact) mass is 247 g/mol. The van der Waals surface area contributed by atoms with Gasteiger partial charge < -0.3 is 5.32 Å². The lowest BCUT2D eigenvalue weighted by atomic mass is 10.1. The highest BCUT2D eigenvalue weighted by atomic mass is 32.2. The smallest absolute Gasteiger partial charge is 0.0545 e. The Bertz CT molecular complexity index is 329. The number of rotatable bonds is 8. The Balaban J connectivity index is 2.05. The molecule has 0 spiro atoms. The quantitative estimate of drug-likeness (QED) is 0.560. The van der Waals surface area contributed by atoms with Gasteiger partial charge in [0.2, 0.25) is 0 Å². The van der Waals surface area contributed by atoms with Crippen molar-refractivity contribution in [3.63, 3.8) is 0 Å². The van der Waals surface area contributed by atoms with Crippen LogP contribution in [0.5, 0.6) is 0 Å². The van der Waals surface area contributed by atoms with Crippen LogP contribution in [0.15, 0.2) is 30.3 Å². The summed E-state index contributed by atoms with van der Waals surface area (Å²) in [4.78, 5) is 0. The van der Waals surface area contributed by atoms with Gasteiger partial charge in [-0.15, -0.1) is 18.2 Å². The van der Waals surface area contributed by atoms with Crippen LogP contribution in [0, 0.1) is 12.3 Å². The highest BCUT2D eigenvalue weighted by Crippen LogP contribution is 2.05. The zero-order chi connectivity index (χ0) is 12.3. The highest BCUT2D eigenvalue weighted by Gasteiger charge is 2.01. The van der Waals surface area contributed by atoms with Gasteiger partial charge in [-0.05, 0) is 25.3 Å². The van der Waals surface area contributed by atoms with E-state index in [0.29, 0.717) is 6.04 Å². The van der Waals surface area contributed by atoms with Gasteiger partial charge in [0.25, 0.3) is 0 Å². The maximum absolute atomic E-state index is 5.19. The molecule has 1 rings (SSSR count). The molecule has 0 aliphatic carbocycles. The molecule has 0 radical (unpaired) electrons. The Morgan fingerprint density at radius 3 is 2.82 bits per heavy atom. The van der Waals surface area contributed by atoms with Crippen molar-refractivity contribution in [2.75, 3.05) is 18.1 Å². The molecule has 1 nitrogen and oxygen atoms in total. The van der Waals surface area contributed by atoms with Crippen molar-refractivity contribution < 1.29 is 0 Å². The minimum Gasteiger partial charge on any atom is -0.313 e. The van der Waals surface area contributed by atoms with Crippen molar-refractivity contribution in [2.45, 2.75) is 25.8 Å². The van der Waals surface area contributed by atoms with Gasteiger partial charge in [0.1, 0.15) is 0 Å². The summed E-state index contributed by atoms with van der Waals surface area (Å²) in [5.41, 5.74) is 1.42. The average molecular weight is 247 g/mol. The summed E-state index contributed by atoms with van der Waals surface area (Å²) in [6.45, 7) is 3.29. The van der Waals surface area contributed by atoms with E-state index >= 15 is 0 Å². The van der Waals surface area contributed by atoms with Crippen LogP contribution < -0.4 is 5.32 Å². The molecule has 0 saturated carbocycles. The van der Waals surface area contributed by atoms with Crippen molar-refractivity contribution >= 4 is 11.8 Å². The van der Waals surface area contributed by atoms with Gasteiger partial charge in [0.15, 0.2) is 0 Å². The molecule has 1 atom stereocenters. The summed E-state index contributed by atoms with van der Waals surface area (Å²) in [6.07, 6.45) is 7.52. The van der Waals surface area contributed by atoms with E-state index in [-0.39, 0.29) is 0 Å². The number of hydrogen-bond acceptors (Lipinski definition) is 2. The molecule has 0 saturated heterocycles. The molecule has 92 valence electrons. The fraction of sp³-hybridized carbons (Fsp3) is 0.467. The van der Waals surface area contributed by atoms with Gasteiger partial charge in [-0.2, -0.15) is 0 Å². The molecule has 2 heteroatoms. The zero-order valence-electron chi connectivity index (χ0n) is 10.5. The van der Waals surface area contributed by atoms with Crippen LogP contribution in [0.3, 0.4) is 0 Å². The van der Waals surface area contributed by atoms with E-state index < -0.39 is 0 Å². The molecule has 1 aromatic rings. The van der Waals surface area contributed by atoms with E-state index in [0.717, 1.165) is 24.5 Å². The van der Waals surface area contributed by atoms with Crippen LogP contribution in [0.2, 0.25) is 0 Å². The van der Waals surface area contributed by atoms with E-state index in [1.54, 1.807) is 0 Å². The standard InChI is InChI=1S/C15H21NS/c1-3-12-17-13-11-16-14(2)9-10-15-7-5-4-6-8-15/h1,4-8,14,16H,9-13H2,2H3. The van der Waals surface area contributed by atoms with E-state index in [1.165, 1.54) is 12.0 Å². The van der Waals surface area contributed by atoms with Crippen LogP contribution in [-0.4, -0.2) is 24.1 Å². The first kappa shape index (κ1) is 14.2. The Morgan fingerprint density at radius 2 is 2.12 bits per heavy atom. The normalized spacial score (nSPS) is 12.0. The van der Waals surface area contributed by atoms with E-state index in [4.69, 9.17) is 6.42 Å². The van der Waals surface area contributed by atoms with E-state index in [1.807, 2.05) is 11.8 Å². The predicted octanol–water partition coefficient (Wildman–Crippen LogP) is 2.96. The summed E-state index contributed by atoms with van der Waals surface area (Å²) in [5.74, 6) is 4.55. The molecule has 0 bridgehead atoms. The fourth-order valence-electron chi connectivity index (χ4n) is 1.64. The van der Waals surface area contributed by atoms with E-state index in [2.05, 4.69) is 48.5 Å². The Labute approximate surface area is 109 Å². The summed E-state index contributed by atoms with van der Waals surface area (Å²) in [6, 6.07) is 11.2. The van der Waals surface area contributed by atoms with Gasteiger partial charge in [0.05, 0.1) is 5.75 Å². The first-order valence-electron chi connectivity index (χ1n) is 6.11. The molecule has 0 heterocycles. The molecule has 0 fully saturated rings. The Kier molecular flexibility index (Phi) is 7.62. The predicted molar refractivity (Wildman–Crippen MR) is 78.4 cm³/mol. The van der Waals surface area contributed by atoms with Gasteiger partial charge in [-0.3, -0.25) is 0 Å². The Morgan fingerprint density at radius 1 is 1.35 bits per heavy atom. The van der Waals surface area contributed by atoms with Gasteiger partial charge in [-0.1, -0.05) is 36.3 Å². The van der Waals surface area contributed by atoms with Crippen molar-refractivity contribution in [1.29, 1.82) is 0 Å². The minimum absolute atomic E-state index is 0.571. The number of aryl methyl sites for hydroxylation is 1. The van der Waals surface area contributed by atoms with Gasteiger partial charge >= 0.3 is 0 Å². The molecule has 17 heavy (non-hydrogen) atoms. The molecule has 1 aromatic carbocycles. The van der Waals surface area contributed by atoms with Crippen molar-refractivity contribution in [1.82, 2.24) is 5.32 Å². The molecule has 0 aliphatic heterocycles. The van der Waals surface area contributed by atoms with Crippen molar-refractivity contribution in [3.8, 4) is 12.3 Å². The second-order valence-electron chi connectivity index (χ2n) is 4.14. The maximum atomic E-state index is 5.19. The summed E-state index contributed by atoms with van der Waals surface area (Å²) in [7, 11) is 0. The summed E-state index contributed by atoms with van der Waals surface area (Å²) in [5, 5.41) is 3.52. The highest BCUT2D eigenvalue weighted by molar-refractivity contribution is 7.99. The van der Waals surface area contributed by atoms with Gasteiger partial charge in [0, 0.05) is 18.3 Å². The van der Waals surface area contributed by atoms with Crippen LogP contribution in [0.1, 0.15) is 18.9 Å². The van der Waals surface area contributed by atoms with Crippen molar-refractivity contribution in [3.05, 3.63) is 35.9 Å². The van der Waals surface area contributed by atoms with Gasteiger partial charge in [-0.25, -0.2) is 0 Å². The topological polar surface area (TPSA) is 12.0 Å². The first-order chi connectivity index (χ1) is 8.33. The Hall–Kier alpha value is -0.910. The molecule has 1 unspecified atom stereocenters. The maximum Gasteiger partial charge on any atom is 0.0545 e. The largest absolute Gasteiger partial charge is 0.313 e. The van der Waals surface area contributed by atoms with Crippen molar-refractivity contribution in [2.24, 2.45) is 0 Å². The number of benzene rings is 1. The number of thioether (sulfide) groups is 1. The first-order valence-corrected chi connectivity index (χ1v) is 7.27. The summed E-state index contributed by atoms with van der Waals surface area (Å²) >= 11 is 1.81. The third-order valence-electron chi connectivity index (χ3n) is 2.63. The molecular formula is C15H21NS. The molecule has 0 amide bonds. The second-order valence-corrected chi connectivity index (χ2v) is 5.24. The SMILES string of the molecule is C#CCSCCNC(C)CCc1ccccc1. The minimum atomic E-state index is 0.571. The summed E-state index contributed by atoms with van der Waals surface area (Å²) < 4.78 is 0. The van der Waals surface area contributed by atoms with Crippen LogP contribution in [0.4, 0.5) is 0 Å². The molecular weight excluding hydrogens is 226 g/mol.